The van der Waals surface area contributed by atoms with E-state index in [2.05, 4.69) is 35.2 Å². The number of anilines is 1. The van der Waals surface area contributed by atoms with Crippen LogP contribution in [0.25, 0.3) is 0 Å². The fraction of sp³-hybridized carbons (Fsp3) is 0.583. The maximum Gasteiger partial charge on any atom is 0.131 e. The topological polar surface area (TPSA) is 28.2 Å². The number of aromatic nitrogens is 1. The molecular formula is C12H19N3. The summed E-state index contributed by atoms with van der Waals surface area (Å²) in [6, 6.07) is 4.73. The lowest BCUT2D eigenvalue weighted by Crippen LogP contribution is -2.35. The number of nitrogens with zero attached hydrogens (tertiary/aromatic N) is 2. The van der Waals surface area contributed by atoms with E-state index in [0.29, 0.717) is 6.04 Å². The third kappa shape index (κ3) is 2.48. The van der Waals surface area contributed by atoms with Crippen LogP contribution in [0.4, 0.5) is 5.82 Å². The molecular weight excluding hydrogens is 186 g/mol. The Morgan fingerprint density at radius 3 is 3.13 bits per heavy atom. The van der Waals surface area contributed by atoms with Gasteiger partial charge in [-0.3, -0.25) is 0 Å². The van der Waals surface area contributed by atoms with Crippen LogP contribution in [-0.2, 0) is 0 Å². The summed E-state index contributed by atoms with van der Waals surface area (Å²) in [5.74, 6) is 1.10. The second-order valence-corrected chi connectivity index (χ2v) is 4.32. The Kier molecular flexibility index (Phi) is 3.21. The third-order valence-electron chi connectivity index (χ3n) is 3.00. The highest BCUT2D eigenvalue weighted by Gasteiger charge is 2.17. The highest BCUT2D eigenvalue weighted by Crippen LogP contribution is 2.16. The summed E-state index contributed by atoms with van der Waals surface area (Å²) in [6.07, 6.45) is 4.46. The average Bonchev–Trinajstić information content (AvgIpc) is 2.71. The van der Waals surface area contributed by atoms with Crippen molar-refractivity contribution >= 4 is 5.82 Å². The van der Waals surface area contributed by atoms with Crippen LogP contribution in [0.5, 0.6) is 0 Å². The first-order valence-corrected chi connectivity index (χ1v) is 5.63. The molecule has 0 aromatic carbocycles. The van der Waals surface area contributed by atoms with Gasteiger partial charge in [-0.1, -0.05) is 6.07 Å². The molecule has 1 atom stereocenters. The summed E-state index contributed by atoms with van der Waals surface area (Å²) < 4.78 is 0. The van der Waals surface area contributed by atoms with Gasteiger partial charge in [-0.25, -0.2) is 4.98 Å². The molecule has 1 aliphatic heterocycles. The minimum atomic E-state index is 0.636. The molecule has 1 aromatic rings. The molecule has 1 unspecified atom stereocenters. The van der Waals surface area contributed by atoms with E-state index < -0.39 is 0 Å². The minimum absolute atomic E-state index is 0.636. The Morgan fingerprint density at radius 1 is 1.60 bits per heavy atom. The zero-order chi connectivity index (χ0) is 10.7. The minimum Gasteiger partial charge on any atom is -0.358 e. The molecule has 82 valence electrons. The molecule has 0 amide bonds. The number of rotatable bonds is 3. The number of hydrogen-bond acceptors (Lipinski definition) is 3. The molecule has 15 heavy (non-hydrogen) atoms. The van der Waals surface area contributed by atoms with Gasteiger partial charge in [0, 0.05) is 25.8 Å². The van der Waals surface area contributed by atoms with Gasteiger partial charge >= 0.3 is 0 Å². The van der Waals surface area contributed by atoms with Crippen LogP contribution in [-0.4, -0.2) is 31.2 Å². The monoisotopic (exact) mass is 205 g/mol. The zero-order valence-corrected chi connectivity index (χ0v) is 9.53. The van der Waals surface area contributed by atoms with E-state index in [1.165, 1.54) is 24.9 Å². The van der Waals surface area contributed by atoms with Gasteiger partial charge in [0.2, 0.25) is 0 Å². The quantitative estimate of drug-likeness (QED) is 0.812. The predicted octanol–water partition coefficient (Wildman–Crippen LogP) is 1.58. The smallest absolute Gasteiger partial charge is 0.131 e. The van der Waals surface area contributed by atoms with Crippen molar-refractivity contribution in [2.45, 2.75) is 25.8 Å². The molecule has 3 nitrogen and oxygen atoms in total. The first-order valence-electron chi connectivity index (χ1n) is 5.63. The lowest BCUT2D eigenvalue weighted by atomic mass is 10.2. The lowest BCUT2D eigenvalue weighted by molar-refractivity contribution is 0.597. The van der Waals surface area contributed by atoms with E-state index in [1.54, 1.807) is 0 Å². The molecule has 2 heterocycles. The summed E-state index contributed by atoms with van der Waals surface area (Å²) in [4.78, 5) is 6.67. The number of aryl methyl sites for hydroxylation is 1. The maximum absolute atomic E-state index is 4.42. The average molecular weight is 205 g/mol. The van der Waals surface area contributed by atoms with Gasteiger partial charge in [0.05, 0.1) is 0 Å². The first kappa shape index (κ1) is 10.4. The fourth-order valence-corrected chi connectivity index (χ4v) is 2.21. The standard InChI is InChI=1S/C12H19N3/c1-10-5-3-8-14-12(10)15(2)9-11-6-4-7-13-11/h3,5,8,11,13H,4,6-7,9H2,1-2H3. The largest absolute Gasteiger partial charge is 0.358 e. The normalized spacial score (nSPS) is 20.5. The van der Waals surface area contributed by atoms with Crippen molar-refractivity contribution in [3.8, 4) is 0 Å². The first-order chi connectivity index (χ1) is 7.27. The second-order valence-electron chi connectivity index (χ2n) is 4.32. The fourth-order valence-electron chi connectivity index (χ4n) is 2.21. The van der Waals surface area contributed by atoms with Crippen molar-refractivity contribution in [1.29, 1.82) is 0 Å². The Balaban J connectivity index is 2.00. The number of pyridine rings is 1. The van der Waals surface area contributed by atoms with Crippen LogP contribution < -0.4 is 10.2 Å². The SMILES string of the molecule is Cc1cccnc1N(C)CC1CCCN1. The zero-order valence-electron chi connectivity index (χ0n) is 9.53. The number of hydrogen-bond donors (Lipinski definition) is 1. The summed E-state index contributed by atoms with van der Waals surface area (Å²) in [5, 5.41) is 3.51. The van der Waals surface area contributed by atoms with Gasteiger partial charge in [0.1, 0.15) is 5.82 Å². The van der Waals surface area contributed by atoms with Crippen LogP contribution in [0.1, 0.15) is 18.4 Å². The van der Waals surface area contributed by atoms with Gasteiger partial charge in [0.25, 0.3) is 0 Å². The maximum atomic E-state index is 4.42. The van der Waals surface area contributed by atoms with Gasteiger partial charge < -0.3 is 10.2 Å². The van der Waals surface area contributed by atoms with Crippen molar-refractivity contribution in [2.24, 2.45) is 0 Å². The molecule has 3 heteroatoms. The molecule has 2 rings (SSSR count). The van der Waals surface area contributed by atoms with E-state index in [-0.39, 0.29) is 0 Å². The summed E-state index contributed by atoms with van der Waals surface area (Å²) >= 11 is 0. The van der Waals surface area contributed by atoms with Gasteiger partial charge in [-0.15, -0.1) is 0 Å². The molecule has 1 N–H and O–H groups in total. The third-order valence-corrected chi connectivity index (χ3v) is 3.00. The molecule has 0 spiro atoms. The second kappa shape index (κ2) is 4.62. The van der Waals surface area contributed by atoms with Crippen LogP contribution >= 0.6 is 0 Å². The molecule has 0 radical (unpaired) electrons. The van der Waals surface area contributed by atoms with Crippen LogP contribution in [0, 0.1) is 6.92 Å². The van der Waals surface area contributed by atoms with Crippen LogP contribution in [0.15, 0.2) is 18.3 Å². The Hall–Kier alpha value is -1.09. The Morgan fingerprint density at radius 2 is 2.47 bits per heavy atom. The molecule has 1 aromatic heterocycles. The van der Waals surface area contributed by atoms with E-state index in [0.717, 1.165) is 12.4 Å². The summed E-state index contributed by atoms with van der Waals surface area (Å²) in [7, 11) is 2.12. The lowest BCUT2D eigenvalue weighted by Gasteiger charge is -2.23. The predicted molar refractivity (Wildman–Crippen MR) is 63.3 cm³/mol. The van der Waals surface area contributed by atoms with Crippen molar-refractivity contribution in [3.63, 3.8) is 0 Å². The number of nitrogens with one attached hydrogen (secondary N) is 1. The van der Waals surface area contributed by atoms with Crippen LogP contribution in [0.2, 0.25) is 0 Å². The summed E-state index contributed by atoms with van der Waals surface area (Å²) in [5.41, 5.74) is 1.25. The van der Waals surface area contributed by atoms with E-state index >= 15 is 0 Å². The molecule has 0 saturated carbocycles. The Bertz CT molecular complexity index is 318. The molecule has 1 saturated heterocycles. The van der Waals surface area contributed by atoms with E-state index in [1.807, 2.05) is 12.3 Å². The Labute approximate surface area is 91.5 Å². The molecule has 1 fully saturated rings. The van der Waals surface area contributed by atoms with Gasteiger partial charge in [0.15, 0.2) is 0 Å². The van der Waals surface area contributed by atoms with Crippen molar-refractivity contribution in [3.05, 3.63) is 23.9 Å². The van der Waals surface area contributed by atoms with Crippen molar-refractivity contribution < 1.29 is 0 Å². The highest BCUT2D eigenvalue weighted by molar-refractivity contribution is 5.45. The molecule has 0 bridgehead atoms. The van der Waals surface area contributed by atoms with Crippen molar-refractivity contribution in [2.75, 3.05) is 25.0 Å². The van der Waals surface area contributed by atoms with E-state index in [4.69, 9.17) is 0 Å². The number of likely N-dealkylation sites (N-methyl/N-ethyl adjacent to an activating group) is 1. The molecule has 0 aliphatic carbocycles. The van der Waals surface area contributed by atoms with Gasteiger partial charge in [-0.05, 0) is 37.9 Å². The summed E-state index contributed by atoms with van der Waals surface area (Å²) in [6.45, 7) is 4.33. The van der Waals surface area contributed by atoms with Crippen molar-refractivity contribution in [1.82, 2.24) is 10.3 Å². The highest BCUT2D eigenvalue weighted by atomic mass is 15.2. The van der Waals surface area contributed by atoms with Gasteiger partial charge in [-0.2, -0.15) is 0 Å². The molecule has 1 aliphatic rings. The van der Waals surface area contributed by atoms with E-state index in [9.17, 15) is 0 Å². The van der Waals surface area contributed by atoms with Crippen LogP contribution in [0.3, 0.4) is 0 Å².